The van der Waals surface area contributed by atoms with E-state index in [2.05, 4.69) is 17.4 Å². The molecule has 29 heavy (non-hydrogen) atoms. The van der Waals surface area contributed by atoms with Crippen molar-refractivity contribution in [3.63, 3.8) is 0 Å². The van der Waals surface area contributed by atoms with Crippen LogP contribution >= 0.6 is 12.4 Å². The second-order valence-electron chi connectivity index (χ2n) is 7.99. The molecule has 0 aliphatic carbocycles. The highest BCUT2D eigenvalue weighted by Crippen LogP contribution is 2.27. The molecule has 2 aromatic rings. The maximum Gasteiger partial charge on any atom is 0.251 e. The molecule has 1 saturated heterocycles. The number of nitrogens with one attached hydrogen (secondary N) is 1. The van der Waals surface area contributed by atoms with Gasteiger partial charge in [-0.2, -0.15) is 0 Å². The topological polar surface area (TPSA) is 75.4 Å². The van der Waals surface area contributed by atoms with E-state index < -0.39 is 6.04 Å². The van der Waals surface area contributed by atoms with Crippen molar-refractivity contribution in [2.45, 2.75) is 38.8 Å². The SMILES string of the molecule is Cc1cccc(C(=O)NC(C(=O)N2C[C@@H](N)[C@H](c3ccccc3)C2)C(C)C)c1.Cl. The summed E-state index contributed by atoms with van der Waals surface area (Å²) in [6.07, 6.45) is 0. The van der Waals surface area contributed by atoms with E-state index in [4.69, 9.17) is 5.73 Å². The molecule has 0 saturated carbocycles. The lowest BCUT2D eigenvalue weighted by Gasteiger charge is -2.27. The van der Waals surface area contributed by atoms with E-state index in [0.717, 1.165) is 11.1 Å². The number of hydrogen-bond acceptors (Lipinski definition) is 3. The molecule has 156 valence electrons. The smallest absolute Gasteiger partial charge is 0.251 e. The Morgan fingerprint density at radius 2 is 1.76 bits per heavy atom. The molecule has 5 nitrogen and oxygen atoms in total. The summed E-state index contributed by atoms with van der Waals surface area (Å²) in [6.45, 7) is 6.92. The van der Waals surface area contributed by atoms with Gasteiger partial charge >= 0.3 is 0 Å². The van der Waals surface area contributed by atoms with Crippen LogP contribution in [0.4, 0.5) is 0 Å². The first-order valence-corrected chi connectivity index (χ1v) is 9.83. The molecule has 0 bridgehead atoms. The summed E-state index contributed by atoms with van der Waals surface area (Å²) in [4.78, 5) is 27.7. The number of carbonyl (C=O) groups excluding carboxylic acids is 2. The van der Waals surface area contributed by atoms with Gasteiger partial charge in [0.2, 0.25) is 5.91 Å². The monoisotopic (exact) mass is 415 g/mol. The molecule has 2 aromatic carbocycles. The molecule has 0 radical (unpaired) electrons. The third-order valence-corrected chi connectivity index (χ3v) is 5.40. The van der Waals surface area contributed by atoms with Gasteiger partial charge in [-0.25, -0.2) is 0 Å². The number of rotatable bonds is 5. The van der Waals surface area contributed by atoms with Gasteiger partial charge < -0.3 is 16.0 Å². The normalized spacial score (nSPS) is 19.6. The number of nitrogens with zero attached hydrogens (tertiary/aromatic N) is 1. The first-order chi connectivity index (χ1) is 13.4. The third kappa shape index (κ3) is 5.37. The maximum atomic E-state index is 13.2. The van der Waals surface area contributed by atoms with Crippen molar-refractivity contribution in [3.8, 4) is 0 Å². The predicted molar refractivity (Wildman–Crippen MR) is 118 cm³/mol. The largest absolute Gasteiger partial charge is 0.340 e. The second kappa shape index (κ2) is 9.90. The average molecular weight is 416 g/mol. The second-order valence-corrected chi connectivity index (χ2v) is 7.99. The Balaban J connectivity index is 0.00000300. The third-order valence-electron chi connectivity index (χ3n) is 5.40. The Hall–Kier alpha value is -2.37. The molecule has 1 unspecified atom stereocenters. The molecule has 0 aromatic heterocycles. The van der Waals surface area contributed by atoms with Crippen molar-refractivity contribution in [2.75, 3.05) is 13.1 Å². The molecule has 1 fully saturated rings. The van der Waals surface area contributed by atoms with Crippen molar-refractivity contribution in [3.05, 3.63) is 71.3 Å². The summed E-state index contributed by atoms with van der Waals surface area (Å²) in [6, 6.07) is 16.8. The summed E-state index contributed by atoms with van der Waals surface area (Å²) in [7, 11) is 0. The Labute approximate surface area is 179 Å². The van der Waals surface area contributed by atoms with Gasteiger partial charge in [-0.05, 0) is 30.5 Å². The van der Waals surface area contributed by atoms with E-state index >= 15 is 0 Å². The van der Waals surface area contributed by atoms with Crippen LogP contribution in [0.1, 0.15) is 41.3 Å². The number of nitrogens with two attached hydrogens (primary N) is 1. The first kappa shape index (κ1) is 22.9. The summed E-state index contributed by atoms with van der Waals surface area (Å²) < 4.78 is 0. The van der Waals surface area contributed by atoms with E-state index in [-0.39, 0.29) is 42.1 Å². The maximum absolute atomic E-state index is 13.2. The van der Waals surface area contributed by atoms with Gasteiger partial charge in [-0.1, -0.05) is 61.9 Å². The van der Waals surface area contributed by atoms with Crippen LogP contribution in [0.5, 0.6) is 0 Å². The van der Waals surface area contributed by atoms with Crippen LogP contribution in [0.25, 0.3) is 0 Å². The van der Waals surface area contributed by atoms with Gasteiger partial charge in [0.15, 0.2) is 0 Å². The zero-order chi connectivity index (χ0) is 20.3. The number of benzene rings is 2. The minimum Gasteiger partial charge on any atom is -0.340 e. The molecule has 2 amide bonds. The molecule has 6 heteroatoms. The number of aryl methyl sites for hydroxylation is 1. The molecule has 0 spiro atoms. The summed E-state index contributed by atoms with van der Waals surface area (Å²) in [5, 5.41) is 2.94. The molecular weight excluding hydrogens is 386 g/mol. The minimum absolute atomic E-state index is 0. The van der Waals surface area contributed by atoms with E-state index in [0.29, 0.717) is 18.7 Å². The van der Waals surface area contributed by atoms with E-state index in [9.17, 15) is 9.59 Å². The molecule has 3 atom stereocenters. The van der Waals surface area contributed by atoms with E-state index in [1.807, 2.05) is 57.2 Å². The number of amides is 2. The molecule has 1 aliphatic heterocycles. The predicted octanol–water partition coefficient (Wildman–Crippen LogP) is 3.12. The van der Waals surface area contributed by atoms with Crippen molar-refractivity contribution in [1.29, 1.82) is 0 Å². The van der Waals surface area contributed by atoms with Gasteiger partial charge in [0, 0.05) is 30.6 Å². The van der Waals surface area contributed by atoms with Crippen molar-refractivity contribution in [1.82, 2.24) is 10.2 Å². The zero-order valence-corrected chi connectivity index (χ0v) is 18.0. The summed E-state index contributed by atoms with van der Waals surface area (Å²) in [5.74, 6) is -0.192. The lowest BCUT2D eigenvalue weighted by molar-refractivity contribution is -0.133. The standard InChI is InChI=1S/C23H29N3O2.ClH/c1-15(2)21(25-22(27)18-11-7-8-16(3)12-18)23(28)26-13-19(20(24)14-26)17-9-5-4-6-10-17;/h4-12,15,19-21H,13-14,24H2,1-3H3,(H,25,27);1H/t19-,20+,21?;/m0./s1. The summed E-state index contributed by atoms with van der Waals surface area (Å²) in [5.41, 5.74) is 9.07. The molecule has 1 aliphatic rings. The van der Waals surface area contributed by atoms with Crippen molar-refractivity contribution < 1.29 is 9.59 Å². The number of carbonyl (C=O) groups is 2. The Kier molecular flexibility index (Phi) is 7.82. The van der Waals surface area contributed by atoms with Crippen LogP contribution in [0, 0.1) is 12.8 Å². The highest BCUT2D eigenvalue weighted by atomic mass is 35.5. The van der Waals surface area contributed by atoms with Crippen LogP contribution in [0.3, 0.4) is 0 Å². The van der Waals surface area contributed by atoms with Gasteiger partial charge in [0.25, 0.3) is 5.91 Å². The fraction of sp³-hybridized carbons (Fsp3) is 0.391. The molecular formula is C23H30ClN3O2. The zero-order valence-electron chi connectivity index (χ0n) is 17.2. The fourth-order valence-electron chi connectivity index (χ4n) is 3.78. The van der Waals surface area contributed by atoms with E-state index in [1.165, 1.54) is 0 Å². The van der Waals surface area contributed by atoms with Gasteiger partial charge in [0.05, 0.1) is 0 Å². The molecule has 3 rings (SSSR count). The van der Waals surface area contributed by atoms with Gasteiger partial charge in [0.1, 0.15) is 6.04 Å². The number of halogens is 1. The quantitative estimate of drug-likeness (QED) is 0.787. The van der Waals surface area contributed by atoms with Crippen LogP contribution in [0.15, 0.2) is 54.6 Å². The van der Waals surface area contributed by atoms with Crippen LogP contribution in [-0.2, 0) is 4.79 Å². The van der Waals surface area contributed by atoms with Gasteiger partial charge in [-0.3, -0.25) is 9.59 Å². The highest BCUT2D eigenvalue weighted by molar-refractivity contribution is 5.97. The Morgan fingerprint density at radius 3 is 2.38 bits per heavy atom. The van der Waals surface area contributed by atoms with Crippen molar-refractivity contribution >= 4 is 24.2 Å². The fourth-order valence-corrected chi connectivity index (χ4v) is 3.78. The average Bonchev–Trinajstić information content (AvgIpc) is 3.07. The summed E-state index contributed by atoms with van der Waals surface area (Å²) >= 11 is 0. The minimum atomic E-state index is -0.574. The van der Waals surface area contributed by atoms with Gasteiger partial charge in [-0.15, -0.1) is 12.4 Å². The highest BCUT2D eigenvalue weighted by Gasteiger charge is 2.37. The van der Waals surface area contributed by atoms with Crippen molar-refractivity contribution in [2.24, 2.45) is 11.7 Å². The molecule has 1 heterocycles. The lowest BCUT2D eigenvalue weighted by atomic mass is 9.95. The lowest BCUT2D eigenvalue weighted by Crippen LogP contribution is -2.51. The number of likely N-dealkylation sites (tertiary alicyclic amines) is 1. The Bertz CT molecular complexity index is 841. The number of hydrogen-bond donors (Lipinski definition) is 2. The van der Waals surface area contributed by atoms with Crippen LogP contribution in [-0.4, -0.2) is 41.9 Å². The molecule has 3 N–H and O–H groups in total. The van der Waals surface area contributed by atoms with Crippen LogP contribution < -0.4 is 11.1 Å². The van der Waals surface area contributed by atoms with Crippen LogP contribution in [0.2, 0.25) is 0 Å². The first-order valence-electron chi connectivity index (χ1n) is 9.83. The Morgan fingerprint density at radius 1 is 1.07 bits per heavy atom. The van der Waals surface area contributed by atoms with E-state index in [1.54, 1.807) is 11.0 Å².